The number of carbonyl (C=O) groups is 1. The van der Waals surface area contributed by atoms with Gasteiger partial charge in [-0.3, -0.25) is 9.00 Å². The predicted octanol–water partition coefficient (Wildman–Crippen LogP) is 2.24. The zero-order valence-electron chi connectivity index (χ0n) is 12.6. The Morgan fingerprint density at radius 2 is 2.00 bits per heavy atom. The van der Waals surface area contributed by atoms with Crippen LogP contribution >= 0.6 is 0 Å². The van der Waals surface area contributed by atoms with E-state index in [2.05, 4.69) is 19.2 Å². The summed E-state index contributed by atoms with van der Waals surface area (Å²) in [5.74, 6) is 0.371. The zero-order chi connectivity index (χ0) is 15.3. The van der Waals surface area contributed by atoms with Gasteiger partial charge in [0.05, 0.1) is 10.8 Å². The van der Waals surface area contributed by atoms with Gasteiger partial charge in [-0.15, -0.1) is 0 Å². The van der Waals surface area contributed by atoms with Gasteiger partial charge in [0.2, 0.25) is 5.91 Å². The van der Waals surface area contributed by atoms with Gasteiger partial charge in [0.25, 0.3) is 0 Å². The van der Waals surface area contributed by atoms with E-state index >= 15 is 0 Å². The summed E-state index contributed by atoms with van der Waals surface area (Å²) >= 11 is 0. The summed E-state index contributed by atoms with van der Waals surface area (Å²) in [4.78, 5) is 12.7. The number of amides is 1. The molecule has 0 bridgehead atoms. The minimum absolute atomic E-state index is 0.166. The number of nitrogens with two attached hydrogens (primary N) is 1. The molecule has 4 nitrogen and oxygen atoms in total. The minimum atomic E-state index is -1.36. The van der Waals surface area contributed by atoms with Crippen LogP contribution in [0.15, 0.2) is 23.1 Å². The first-order chi connectivity index (χ1) is 9.32. The van der Waals surface area contributed by atoms with Crippen molar-refractivity contribution >= 4 is 22.4 Å². The molecule has 0 saturated carbocycles. The highest BCUT2D eigenvalue weighted by atomic mass is 32.2. The summed E-state index contributed by atoms with van der Waals surface area (Å²) < 4.78 is 12.4. The fraction of sp³-hybridized carbons (Fsp3) is 0.533. The number of benzene rings is 1. The molecule has 2 unspecified atom stereocenters. The standard InChI is InChI=1S/C15H24N2O2S/c1-10(2)7-8-17-15(18)12(4)20(19)14-6-5-13(16)9-11(14)3/h5-6,9-10,12H,7-8,16H2,1-4H3,(H,17,18). The lowest BCUT2D eigenvalue weighted by atomic mass is 10.1. The molecule has 0 aromatic heterocycles. The molecular formula is C15H24N2O2S. The number of rotatable bonds is 6. The fourth-order valence-electron chi connectivity index (χ4n) is 1.81. The van der Waals surface area contributed by atoms with Crippen LogP contribution in [0.5, 0.6) is 0 Å². The lowest BCUT2D eigenvalue weighted by molar-refractivity contribution is -0.120. The lowest BCUT2D eigenvalue weighted by Gasteiger charge is -2.14. The van der Waals surface area contributed by atoms with Crippen LogP contribution in [0.3, 0.4) is 0 Å². The van der Waals surface area contributed by atoms with Crippen molar-refractivity contribution in [2.24, 2.45) is 5.92 Å². The van der Waals surface area contributed by atoms with Crippen LogP contribution in [0.4, 0.5) is 5.69 Å². The molecule has 1 amide bonds. The third-order valence-corrected chi connectivity index (χ3v) is 4.87. The van der Waals surface area contributed by atoms with Crippen LogP contribution in [0, 0.1) is 12.8 Å². The van der Waals surface area contributed by atoms with Crippen LogP contribution in [-0.4, -0.2) is 21.9 Å². The minimum Gasteiger partial charge on any atom is -0.399 e. The molecule has 20 heavy (non-hydrogen) atoms. The van der Waals surface area contributed by atoms with E-state index in [1.165, 1.54) is 0 Å². The van der Waals surface area contributed by atoms with Crippen molar-refractivity contribution in [1.29, 1.82) is 0 Å². The molecular weight excluding hydrogens is 272 g/mol. The summed E-state index contributed by atoms with van der Waals surface area (Å²) in [5, 5.41) is 2.27. The number of nitrogen functional groups attached to an aromatic ring is 1. The van der Waals surface area contributed by atoms with Gasteiger partial charge in [-0.05, 0) is 49.9 Å². The average molecular weight is 296 g/mol. The van der Waals surface area contributed by atoms with Crippen molar-refractivity contribution < 1.29 is 9.00 Å². The molecule has 0 heterocycles. The van der Waals surface area contributed by atoms with Gasteiger partial charge < -0.3 is 11.1 Å². The molecule has 0 radical (unpaired) electrons. The number of aryl methyl sites for hydroxylation is 1. The SMILES string of the molecule is Cc1cc(N)ccc1S(=O)C(C)C(=O)NCCC(C)C. The molecule has 0 spiro atoms. The number of hydrogen-bond acceptors (Lipinski definition) is 3. The Balaban J connectivity index is 2.68. The first kappa shape index (κ1) is 16.7. The van der Waals surface area contributed by atoms with Crippen LogP contribution in [0.1, 0.15) is 32.8 Å². The van der Waals surface area contributed by atoms with Crippen molar-refractivity contribution in [2.45, 2.75) is 44.3 Å². The highest BCUT2D eigenvalue weighted by Gasteiger charge is 2.22. The van der Waals surface area contributed by atoms with E-state index in [1.807, 2.05) is 6.92 Å². The Morgan fingerprint density at radius 1 is 1.35 bits per heavy atom. The van der Waals surface area contributed by atoms with E-state index in [9.17, 15) is 9.00 Å². The molecule has 1 aromatic rings. The summed E-state index contributed by atoms with van der Waals surface area (Å²) in [5.41, 5.74) is 7.17. The van der Waals surface area contributed by atoms with Crippen LogP contribution in [0.2, 0.25) is 0 Å². The maximum Gasteiger partial charge on any atom is 0.235 e. The number of nitrogens with one attached hydrogen (secondary N) is 1. The molecule has 1 aromatic carbocycles. The molecule has 2 atom stereocenters. The molecule has 1 rings (SSSR count). The van der Waals surface area contributed by atoms with E-state index in [0.29, 0.717) is 23.0 Å². The summed E-state index contributed by atoms with van der Waals surface area (Å²) in [6, 6.07) is 5.22. The van der Waals surface area contributed by atoms with Gasteiger partial charge in [-0.1, -0.05) is 13.8 Å². The maximum atomic E-state index is 12.4. The molecule has 0 fully saturated rings. The first-order valence-electron chi connectivity index (χ1n) is 6.87. The van der Waals surface area contributed by atoms with Gasteiger partial charge >= 0.3 is 0 Å². The monoisotopic (exact) mass is 296 g/mol. The number of carbonyl (C=O) groups excluding carboxylic acids is 1. The Hall–Kier alpha value is -1.36. The Bertz CT molecular complexity index is 501. The van der Waals surface area contributed by atoms with E-state index < -0.39 is 16.0 Å². The average Bonchev–Trinajstić information content (AvgIpc) is 2.36. The smallest absolute Gasteiger partial charge is 0.235 e. The van der Waals surface area contributed by atoms with Gasteiger partial charge in [-0.2, -0.15) is 0 Å². The largest absolute Gasteiger partial charge is 0.399 e. The highest BCUT2D eigenvalue weighted by molar-refractivity contribution is 7.86. The van der Waals surface area contributed by atoms with Crippen LogP contribution in [-0.2, 0) is 15.6 Å². The lowest BCUT2D eigenvalue weighted by Crippen LogP contribution is -2.36. The Labute approximate surface area is 123 Å². The summed E-state index contributed by atoms with van der Waals surface area (Å²) in [6.45, 7) is 8.37. The second-order valence-corrected chi connectivity index (χ2v) is 7.18. The van der Waals surface area contributed by atoms with Crippen molar-refractivity contribution in [2.75, 3.05) is 12.3 Å². The van der Waals surface area contributed by atoms with Crippen molar-refractivity contribution in [1.82, 2.24) is 5.32 Å². The molecule has 0 aliphatic heterocycles. The number of hydrogen-bond donors (Lipinski definition) is 2. The fourth-order valence-corrected chi connectivity index (χ4v) is 3.05. The highest BCUT2D eigenvalue weighted by Crippen LogP contribution is 2.19. The van der Waals surface area contributed by atoms with E-state index in [4.69, 9.17) is 5.73 Å². The van der Waals surface area contributed by atoms with Gasteiger partial charge in [-0.25, -0.2) is 0 Å². The molecule has 0 aliphatic carbocycles. The molecule has 112 valence electrons. The van der Waals surface area contributed by atoms with Gasteiger partial charge in [0, 0.05) is 17.1 Å². The van der Waals surface area contributed by atoms with Crippen molar-refractivity contribution in [3.63, 3.8) is 0 Å². The van der Waals surface area contributed by atoms with Gasteiger partial charge in [0.1, 0.15) is 5.25 Å². The van der Waals surface area contributed by atoms with E-state index in [0.717, 1.165) is 12.0 Å². The third kappa shape index (κ3) is 4.63. The van der Waals surface area contributed by atoms with Crippen LogP contribution in [0.25, 0.3) is 0 Å². The first-order valence-corrected chi connectivity index (χ1v) is 8.08. The third-order valence-electron chi connectivity index (χ3n) is 3.13. The second kappa shape index (κ2) is 7.43. The Morgan fingerprint density at radius 3 is 2.55 bits per heavy atom. The maximum absolute atomic E-state index is 12.4. The summed E-state index contributed by atoms with van der Waals surface area (Å²) in [7, 11) is -1.36. The van der Waals surface area contributed by atoms with Crippen molar-refractivity contribution in [3.05, 3.63) is 23.8 Å². The molecule has 5 heteroatoms. The zero-order valence-corrected chi connectivity index (χ0v) is 13.4. The quantitative estimate of drug-likeness (QED) is 0.791. The predicted molar refractivity (Wildman–Crippen MR) is 83.9 cm³/mol. The normalized spacial score (nSPS) is 14.1. The second-order valence-electron chi connectivity index (χ2n) is 5.44. The van der Waals surface area contributed by atoms with Crippen molar-refractivity contribution in [3.8, 4) is 0 Å². The molecule has 0 saturated heterocycles. The Kier molecular flexibility index (Phi) is 6.20. The molecule has 3 N–H and O–H groups in total. The van der Waals surface area contributed by atoms with E-state index in [1.54, 1.807) is 25.1 Å². The summed E-state index contributed by atoms with van der Waals surface area (Å²) in [6.07, 6.45) is 0.923. The number of anilines is 1. The van der Waals surface area contributed by atoms with Gasteiger partial charge in [0.15, 0.2) is 0 Å². The molecule has 0 aliphatic rings. The topological polar surface area (TPSA) is 72.2 Å². The van der Waals surface area contributed by atoms with Crippen LogP contribution < -0.4 is 11.1 Å². The van der Waals surface area contributed by atoms with E-state index in [-0.39, 0.29) is 5.91 Å².